The maximum Gasteiger partial charge on any atom is 0.337 e. The molecule has 0 spiro atoms. The van der Waals surface area contributed by atoms with Crippen molar-refractivity contribution in [1.82, 2.24) is 5.32 Å². The molecule has 0 bridgehead atoms. The van der Waals surface area contributed by atoms with Gasteiger partial charge in [-0.25, -0.2) is 4.79 Å². The molecule has 5 nitrogen and oxygen atoms in total. The van der Waals surface area contributed by atoms with Gasteiger partial charge in [0.15, 0.2) is 0 Å². The molecular weight excluding hydrogens is 280 g/mol. The number of hydrogen-bond acceptors (Lipinski definition) is 4. The van der Waals surface area contributed by atoms with Crippen molar-refractivity contribution in [3.05, 3.63) is 35.4 Å². The number of carbonyl (C=O) groups excluding carboxylic acids is 2. The van der Waals surface area contributed by atoms with Crippen LogP contribution in [0.5, 0.6) is 0 Å². The second kappa shape index (κ2) is 7.94. The fourth-order valence-corrected chi connectivity index (χ4v) is 2.90. The first kappa shape index (κ1) is 16.5. The number of ether oxygens (including phenoxy) is 1. The molecule has 0 radical (unpaired) electrons. The first-order chi connectivity index (χ1) is 10.6. The Hall–Kier alpha value is -1.88. The molecule has 1 saturated carbocycles. The van der Waals surface area contributed by atoms with Crippen molar-refractivity contribution in [2.75, 3.05) is 13.7 Å². The predicted octanol–water partition coefficient (Wildman–Crippen LogP) is 1.65. The number of methoxy groups -OCH3 is 1. The number of rotatable bonds is 6. The summed E-state index contributed by atoms with van der Waals surface area (Å²) < 4.78 is 4.65. The highest BCUT2D eigenvalue weighted by atomic mass is 16.5. The van der Waals surface area contributed by atoms with Gasteiger partial charge in [0.2, 0.25) is 5.91 Å². The number of amides is 1. The number of carbonyl (C=O) groups is 2. The van der Waals surface area contributed by atoms with Gasteiger partial charge in [-0.15, -0.1) is 0 Å². The smallest absolute Gasteiger partial charge is 0.337 e. The Morgan fingerprint density at radius 2 is 2.00 bits per heavy atom. The Morgan fingerprint density at radius 3 is 2.59 bits per heavy atom. The van der Waals surface area contributed by atoms with E-state index >= 15 is 0 Å². The Balaban J connectivity index is 1.71. The van der Waals surface area contributed by atoms with Gasteiger partial charge in [0.1, 0.15) is 0 Å². The average molecular weight is 304 g/mol. The van der Waals surface area contributed by atoms with E-state index in [1.54, 1.807) is 12.1 Å². The number of hydrogen-bond donors (Lipinski definition) is 2. The van der Waals surface area contributed by atoms with Gasteiger partial charge in [0.25, 0.3) is 0 Å². The molecule has 120 valence electrons. The standard InChI is InChI=1S/C17H24N2O3/c1-22-17(21)13-7-5-12(6-8-13)9-10-19-16(20)11-14-3-2-4-15(14)18/h5-8,14-15H,2-4,9-11,18H2,1H3,(H,19,20)/t14-,15+/m0/s1. The zero-order valence-corrected chi connectivity index (χ0v) is 13.0. The highest BCUT2D eigenvalue weighted by molar-refractivity contribution is 5.89. The van der Waals surface area contributed by atoms with Crippen LogP contribution in [0.1, 0.15) is 41.6 Å². The van der Waals surface area contributed by atoms with E-state index in [2.05, 4.69) is 10.1 Å². The largest absolute Gasteiger partial charge is 0.465 e. The van der Waals surface area contributed by atoms with Crippen LogP contribution in [0.25, 0.3) is 0 Å². The van der Waals surface area contributed by atoms with Gasteiger partial charge in [0.05, 0.1) is 12.7 Å². The molecule has 0 aromatic heterocycles. The second-order valence-corrected chi connectivity index (χ2v) is 5.85. The van der Waals surface area contributed by atoms with E-state index in [1.165, 1.54) is 7.11 Å². The second-order valence-electron chi connectivity index (χ2n) is 5.85. The quantitative estimate of drug-likeness (QED) is 0.783. The third-order valence-electron chi connectivity index (χ3n) is 4.28. The lowest BCUT2D eigenvalue weighted by Crippen LogP contribution is -2.32. The van der Waals surface area contributed by atoms with Crippen LogP contribution >= 0.6 is 0 Å². The first-order valence-electron chi connectivity index (χ1n) is 7.79. The van der Waals surface area contributed by atoms with Gasteiger partial charge in [-0.05, 0) is 42.9 Å². The van der Waals surface area contributed by atoms with Crippen LogP contribution < -0.4 is 11.1 Å². The van der Waals surface area contributed by atoms with Gasteiger partial charge in [-0.2, -0.15) is 0 Å². The first-order valence-corrected chi connectivity index (χ1v) is 7.79. The summed E-state index contributed by atoms with van der Waals surface area (Å²) in [7, 11) is 1.36. The summed E-state index contributed by atoms with van der Waals surface area (Å²) in [5, 5.41) is 2.94. The van der Waals surface area contributed by atoms with E-state index in [4.69, 9.17) is 5.73 Å². The number of nitrogens with two attached hydrogens (primary N) is 1. The van der Waals surface area contributed by atoms with Gasteiger partial charge in [-0.3, -0.25) is 4.79 Å². The van der Waals surface area contributed by atoms with E-state index in [0.29, 0.717) is 24.4 Å². The molecule has 0 unspecified atom stereocenters. The van der Waals surface area contributed by atoms with Gasteiger partial charge in [0, 0.05) is 19.0 Å². The van der Waals surface area contributed by atoms with Crippen LogP contribution in [-0.2, 0) is 16.0 Å². The van der Waals surface area contributed by atoms with E-state index < -0.39 is 0 Å². The summed E-state index contributed by atoms with van der Waals surface area (Å²) in [4.78, 5) is 23.2. The lowest BCUT2D eigenvalue weighted by molar-refractivity contribution is -0.122. The van der Waals surface area contributed by atoms with Gasteiger partial charge >= 0.3 is 5.97 Å². The molecule has 22 heavy (non-hydrogen) atoms. The predicted molar refractivity (Wildman–Crippen MR) is 84.4 cm³/mol. The Bertz CT molecular complexity index is 513. The number of esters is 1. The molecule has 0 heterocycles. The zero-order valence-electron chi connectivity index (χ0n) is 13.0. The van der Waals surface area contributed by atoms with Crippen molar-refractivity contribution < 1.29 is 14.3 Å². The van der Waals surface area contributed by atoms with Crippen LogP contribution in [0.2, 0.25) is 0 Å². The summed E-state index contributed by atoms with van der Waals surface area (Å²) in [5.41, 5.74) is 7.59. The molecular formula is C17H24N2O3. The lowest BCUT2D eigenvalue weighted by atomic mass is 10.00. The highest BCUT2D eigenvalue weighted by Gasteiger charge is 2.25. The van der Waals surface area contributed by atoms with Crippen molar-refractivity contribution in [1.29, 1.82) is 0 Å². The Labute approximate surface area is 131 Å². The van der Waals surface area contributed by atoms with Crippen molar-refractivity contribution in [3.8, 4) is 0 Å². The fourth-order valence-electron chi connectivity index (χ4n) is 2.90. The molecule has 5 heteroatoms. The molecule has 0 saturated heterocycles. The minimum atomic E-state index is -0.340. The van der Waals surface area contributed by atoms with Crippen molar-refractivity contribution >= 4 is 11.9 Å². The van der Waals surface area contributed by atoms with E-state index in [1.807, 2.05) is 12.1 Å². The Morgan fingerprint density at radius 1 is 1.27 bits per heavy atom. The highest BCUT2D eigenvalue weighted by Crippen LogP contribution is 2.26. The van der Waals surface area contributed by atoms with Crippen molar-refractivity contribution in [2.45, 2.75) is 38.1 Å². The minimum Gasteiger partial charge on any atom is -0.465 e. The van der Waals surface area contributed by atoms with E-state index in [0.717, 1.165) is 31.2 Å². The molecule has 2 rings (SSSR count). The van der Waals surface area contributed by atoms with Crippen LogP contribution in [0.4, 0.5) is 0 Å². The van der Waals surface area contributed by atoms with E-state index in [-0.39, 0.29) is 17.9 Å². The number of nitrogens with one attached hydrogen (secondary N) is 1. The molecule has 2 atom stereocenters. The maximum atomic E-state index is 11.9. The van der Waals surface area contributed by atoms with Crippen molar-refractivity contribution in [2.24, 2.45) is 11.7 Å². The third kappa shape index (κ3) is 4.56. The molecule has 1 fully saturated rings. The minimum absolute atomic E-state index is 0.0773. The van der Waals surface area contributed by atoms with Crippen LogP contribution in [0.3, 0.4) is 0 Å². The van der Waals surface area contributed by atoms with Gasteiger partial charge < -0.3 is 15.8 Å². The van der Waals surface area contributed by atoms with Crippen LogP contribution in [0.15, 0.2) is 24.3 Å². The zero-order chi connectivity index (χ0) is 15.9. The topological polar surface area (TPSA) is 81.4 Å². The van der Waals surface area contributed by atoms with E-state index in [9.17, 15) is 9.59 Å². The molecule has 1 aliphatic rings. The summed E-state index contributed by atoms with van der Waals surface area (Å²) in [5.74, 6) is 0.0700. The molecule has 3 N–H and O–H groups in total. The lowest BCUT2D eigenvalue weighted by Gasteiger charge is -2.14. The molecule has 1 aliphatic carbocycles. The monoisotopic (exact) mass is 304 g/mol. The summed E-state index contributed by atoms with van der Waals surface area (Å²) >= 11 is 0. The van der Waals surface area contributed by atoms with Crippen LogP contribution in [0, 0.1) is 5.92 Å². The molecule has 1 aromatic rings. The summed E-state index contributed by atoms with van der Waals surface area (Å²) in [6.07, 6.45) is 4.49. The third-order valence-corrected chi connectivity index (χ3v) is 4.28. The van der Waals surface area contributed by atoms with Crippen molar-refractivity contribution in [3.63, 3.8) is 0 Å². The van der Waals surface area contributed by atoms with Crippen LogP contribution in [-0.4, -0.2) is 31.6 Å². The Kier molecular flexibility index (Phi) is 5.95. The average Bonchev–Trinajstić information content (AvgIpc) is 2.92. The fraction of sp³-hybridized carbons (Fsp3) is 0.529. The molecule has 0 aliphatic heterocycles. The van der Waals surface area contributed by atoms with Gasteiger partial charge in [-0.1, -0.05) is 18.6 Å². The maximum absolute atomic E-state index is 11.9. The molecule has 1 amide bonds. The summed E-state index contributed by atoms with van der Waals surface area (Å²) in [6, 6.07) is 7.41. The summed E-state index contributed by atoms with van der Waals surface area (Å²) in [6.45, 7) is 0.596. The molecule has 1 aromatic carbocycles. The normalized spacial score (nSPS) is 20.6. The SMILES string of the molecule is COC(=O)c1ccc(CCNC(=O)C[C@@H]2CCC[C@H]2N)cc1. The number of benzene rings is 1.